The van der Waals surface area contributed by atoms with Crippen molar-refractivity contribution < 1.29 is 9.53 Å². The first-order chi connectivity index (χ1) is 9.49. The van der Waals surface area contributed by atoms with E-state index in [4.69, 9.17) is 16.2 Å². The minimum absolute atomic E-state index is 0.156. The summed E-state index contributed by atoms with van der Waals surface area (Å²) in [5.41, 5.74) is 13.1. The van der Waals surface area contributed by atoms with Gasteiger partial charge in [-0.25, -0.2) is 4.98 Å². The van der Waals surface area contributed by atoms with Crippen LogP contribution >= 0.6 is 0 Å². The molecule has 20 heavy (non-hydrogen) atoms. The summed E-state index contributed by atoms with van der Waals surface area (Å²) in [5, 5.41) is 2.57. The number of aryl methyl sites for hydroxylation is 1. The van der Waals surface area contributed by atoms with Crippen LogP contribution in [0.4, 0.5) is 17.3 Å². The summed E-state index contributed by atoms with van der Waals surface area (Å²) in [6.45, 7) is 1.78. The van der Waals surface area contributed by atoms with Gasteiger partial charge in [-0.2, -0.15) is 4.98 Å². The van der Waals surface area contributed by atoms with Gasteiger partial charge in [0.05, 0.1) is 12.7 Å². The van der Waals surface area contributed by atoms with Gasteiger partial charge in [0, 0.05) is 23.1 Å². The first-order valence-corrected chi connectivity index (χ1v) is 5.85. The van der Waals surface area contributed by atoms with E-state index in [2.05, 4.69) is 15.3 Å². The molecule has 0 fully saturated rings. The molecule has 7 heteroatoms. The first kappa shape index (κ1) is 13.6. The topological polar surface area (TPSA) is 116 Å². The molecule has 0 aliphatic carbocycles. The number of carbonyl (C=O) groups excluding carboxylic acids is 1. The Kier molecular flexibility index (Phi) is 3.69. The number of nitrogens with one attached hydrogen (secondary N) is 1. The van der Waals surface area contributed by atoms with Crippen LogP contribution in [0.15, 0.2) is 24.3 Å². The highest BCUT2D eigenvalue weighted by molar-refractivity contribution is 6.07. The van der Waals surface area contributed by atoms with Crippen LogP contribution in [0.5, 0.6) is 5.88 Å². The third-order valence-electron chi connectivity index (χ3n) is 2.59. The molecule has 1 aromatic carbocycles. The number of nitrogens with two attached hydrogens (primary N) is 2. The maximum absolute atomic E-state index is 12.1. The van der Waals surface area contributed by atoms with Crippen LogP contribution in [0.1, 0.15) is 16.1 Å². The predicted octanol–water partition coefficient (Wildman–Crippen LogP) is 1.21. The molecule has 0 saturated heterocycles. The lowest BCUT2D eigenvalue weighted by Crippen LogP contribution is -2.16. The lowest BCUT2D eigenvalue weighted by Gasteiger charge is -2.08. The van der Waals surface area contributed by atoms with E-state index in [0.29, 0.717) is 28.5 Å². The number of nitrogen functional groups attached to an aromatic ring is 2. The van der Waals surface area contributed by atoms with E-state index in [0.717, 1.165) is 0 Å². The van der Waals surface area contributed by atoms with Crippen molar-refractivity contribution in [3.63, 3.8) is 0 Å². The van der Waals surface area contributed by atoms with E-state index in [1.54, 1.807) is 25.1 Å². The summed E-state index contributed by atoms with van der Waals surface area (Å²) < 4.78 is 5.02. The molecule has 0 aliphatic rings. The minimum Gasteiger partial charge on any atom is -0.481 e. The fraction of sp³-hybridized carbons (Fsp3) is 0.154. The molecule has 2 aromatic rings. The van der Waals surface area contributed by atoms with Crippen LogP contribution in [-0.4, -0.2) is 23.0 Å². The number of aromatic nitrogens is 2. The molecule has 1 amide bonds. The van der Waals surface area contributed by atoms with E-state index in [9.17, 15) is 4.79 Å². The molecule has 0 atom stereocenters. The van der Waals surface area contributed by atoms with Gasteiger partial charge < -0.3 is 16.2 Å². The Morgan fingerprint density at radius 2 is 2.00 bits per heavy atom. The average Bonchev–Trinajstić information content (AvgIpc) is 2.37. The maximum atomic E-state index is 12.1. The van der Waals surface area contributed by atoms with Gasteiger partial charge >= 0.3 is 0 Å². The van der Waals surface area contributed by atoms with Crippen LogP contribution in [0.25, 0.3) is 0 Å². The number of carbonyl (C=O) groups is 1. The predicted molar refractivity (Wildman–Crippen MR) is 76.5 cm³/mol. The number of rotatable bonds is 3. The van der Waals surface area contributed by atoms with Crippen molar-refractivity contribution in [2.45, 2.75) is 6.92 Å². The monoisotopic (exact) mass is 273 g/mol. The lowest BCUT2D eigenvalue weighted by atomic mass is 10.1. The number of benzene rings is 1. The molecular formula is C13H15N5O2. The Morgan fingerprint density at radius 3 is 2.65 bits per heavy atom. The van der Waals surface area contributed by atoms with Crippen molar-refractivity contribution >= 4 is 23.2 Å². The van der Waals surface area contributed by atoms with Gasteiger partial charge in [0.15, 0.2) is 0 Å². The second-order valence-electron chi connectivity index (χ2n) is 4.18. The molecule has 0 aliphatic heterocycles. The highest BCUT2D eigenvalue weighted by Gasteiger charge is 2.12. The maximum Gasteiger partial charge on any atom is 0.260 e. The molecule has 1 heterocycles. The van der Waals surface area contributed by atoms with Crippen molar-refractivity contribution in [3.8, 4) is 5.88 Å². The minimum atomic E-state index is -0.407. The van der Waals surface area contributed by atoms with E-state index >= 15 is 0 Å². The molecular weight excluding hydrogens is 258 g/mol. The Labute approximate surface area is 116 Å². The zero-order chi connectivity index (χ0) is 14.7. The van der Waals surface area contributed by atoms with Gasteiger partial charge in [-0.1, -0.05) is 0 Å². The molecule has 0 bridgehead atoms. The molecule has 0 radical (unpaired) electrons. The van der Waals surface area contributed by atoms with Gasteiger partial charge in [0.25, 0.3) is 5.91 Å². The Balaban J connectivity index is 2.25. The smallest absolute Gasteiger partial charge is 0.260 e. The van der Waals surface area contributed by atoms with E-state index in [1.165, 1.54) is 13.2 Å². The van der Waals surface area contributed by atoms with Crippen molar-refractivity contribution in [1.29, 1.82) is 0 Å². The third-order valence-corrected chi connectivity index (χ3v) is 2.59. The van der Waals surface area contributed by atoms with E-state index in [-0.39, 0.29) is 5.95 Å². The highest BCUT2D eigenvalue weighted by Crippen LogP contribution is 2.17. The number of ether oxygens (including phenoxy) is 1. The van der Waals surface area contributed by atoms with Crippen LogP contribution in [0.2, 0.25) is 0 Å². The Bertz CT molecular complexity index is 657. The third kappa shape index (κ3) is 2.94. The fourth-order valence-electron chi connectivity index (χ4n) is 1.66. The molecule has 0 spiro atoms. The zero-order valence-electron chi connectivity index (χ0n) is 11.2. The molecule has 0 unspecified atom stereocenters. The first-order valence-electron chi connectivity index (χ1n) is 5.85. The molecule has 2 rings (SSSR count). The van der Waals surface area contributed by atoms with Gasteiger partial charge in [-0.05, 0) is 25.1 Å². The largest absolute Gasteiger partial charge is 0.481 e. The standard InChI is InChI=1S/C13H15N5O2/c1-7-5-11(20-2)17-13(16-7)18-12(19)9-4-3-8(14)6-10(9)15/h3-6H,14-15H2,1-2H3,(H,16,17,18,19). The quantitative estimate of drug-likeness (QED) is 0.724. The number of hydrogen-bond acceptors (Lipinski definition) is 6. The Morgan fingerprint density at radius 1 is 1.25 bits per heavy atom. The summed E-state index contributed by atoms with van der Waals surface area (Å²) in [6, 6.07) is 6.33. The average molecular weight is 273 g/mol. The molecule has 104 valence electrons. The highest BCUT2D eigenvalue weighted by atomic mass is 16.5. The molecule has 0 saturated carbocycles. The summed E-state index contributed by atoms with van der Waals surface area (Å²) in [5.74, 6) is 0.122. The van der Waals surface area contributed by atoms with Crippen molar-refractivity contribution in [3.05, 3.63) is 35.5 Å². The Hall–Kier alpha value is -2.83. The molecule has 1 aromatic heterocycles. The summed E-state index contributed by atoms with van der Waals surface area (Å²) >= 11 is 0. The number of nitrogens with zero attached hydrogens (tertiary/aromatic N) is 2. The van der Waals surface area contributed by atoms with Gasteiger partial charge in [-0.15, -0.1) is 0 Å². The SMILES string of the molecule is COc1cc(C)nc(NC(=O)c2ccc(N)cc2N)n1. The van der Waals surface area contributed by atoms with Crippen LogP contribution in [0, 0.1) is 6.92 Å². The van der Waals surface area contributed by atoms with Gasteiger partial charge in [0.1, 0.15) is 0 Å². The van der Waals surface area contributed by atoms with Crippen LogP contribution < -0.4 is 21.5 Å². The molecule has 7 nitrogen and oxygen atoms in total. The lowest BCUT2D eigenvalue weighted by molar-refractivity contribution is 0.102. The second-order valence-corrected chi connectivity index (χ2v) is 4.18. The number of anilines is 3. The zero-order valence-corrected chi connectivity index (χ0v) is 11.2. The number of methoxy groups -OCH3 is 1. The fourth-order valence-corrected chi connectivity index (χ4v) is 1.66. The van der Waals surface area contributed by atoms with Crippen LogP contribution in [-0.2, 0) is 0 Å². The van der Waals surface area contributed by atoms with E-state index in [1.807, 2.05) is 0 Å². The van der Waals surface area contributed by atoms with Crippen LogP contribution in [0.3, 0.4) is 0 Å². The van der Waals surface area contributed by atoms with E-state index < -0.39 is 5.91 Å². The van der Waals surface area contributed by atoms with Crippen molar-refractivity contribution in [2.24, 2.45) is 0 Å². The summed E-state index contributed by atoms with van der Waals surface area (Å²) in [6.07, 6.45) is 0. The summed E-state index contributed by atoms with van der Waals surface area (Å²) in [4.78, 5) is 20.2. The van der Waals surface area contributed by atoms with Gasteiger partial charge in [-0.3, -0.25) is 10.1 Å². The van der Waals surface area contributed by atoms with Crippen molar-refractivity contribution in [1.82, 2.24) is 9.97 Å². The number of hydrogen-bond donors (Lipinski definition) is 3. The van der Waals surface area contributed by atoms with Gasteiger partial charge in [0.2, 0.25) is 11.8 Å². The summed E-state index contributed by atoms with van der Waals surface area (Å²) in [7, 11) is 1.49. The second kappa shape index (κ2) is 5.43. The number of amides is 1. The van der Waals surface area contributed by atoms with Crippen molar-refractivity contribution in [2.75, 3.05) is 23.9 Å². The molecule has 5 N–H and O–H groups in total. The normalized spacial score (nSPS) is 10.1.